The maximum absolute atomic E-state index is 8.72. The van der Waals surface area contributed by atoms with Crippen LogP contribution in [0.15, 0.2) is 6.07 Å². The molecule has 5 nitrogen and oxygen atoms in total. The van der Waals surface area contributed by atoms with Gasteiger partial charge in [-0.05, 0) is 19.4 Å². The van der Waals surface area contributed by atoms with Crippen molar-refractivity contribution in [3.8, 4) is 6.07 Å². The van der Waals surface area contributed by atoms with Gasteiger partial charge in [0.2, 0.25) is 0 Å². The van der Waals surface area contributed by atoms with Crippen LogP contribution >= 0.6 is 0 Å². The first-order chi connectivity index (χ1) is 9.24. The summed E-state index contributed by atoms with van der Waals surface area (Å²) in [6.07, 6.45) is 1.50. The number of nitriles is 1. The fraction of sp³-hybridized carbons (Fsp3) is 0.714. The van der Waals surface area contributed by atoms with E-state index in [0.717, 1.165) is 38.3 Å². The molecule has 1 aromatic heterocycles. The molecule has 1 rings (SSSR count). The smallest absolute Gasteiger partial charge is 0.0635 e. The Labute approximate surface area is 115 Å². The van der Waals surface area contributed by atoms with Gasteiger partial charge in [-0.25, -0.2) is 0 Å². The van der Waals surface area contributed by atoms with Crippen LogP contribution in [0, 0.1) is 11.3 Å². The summed E-state index contributed by atoms with van der Waals surface area (Å²) in [4.78, 5) is 2.25. The van der Waals surface area contributed by atoms with Gasteiger partial charge in [0, 0.05) is 39.7 Å². The molecule has 0 fully saturated rings. The molecule has 19 heavy (non-hydrogen) atoms. The Morgan fingerprint density at radius 1 is 1.42 bits per heavy atom. The van der Waals surface area contributed by atoms with Crippen LogP contribution in [0.4, 0.5) is 0 Å². The van der Waals surface area contributed by atoms with E-state index in [-0.39, 0.29) is 0 Å². The van der Waals surface area contributed by atoms with E-state index in [4.69, 9.17) is 10.00 Å². The van der Waals surface area contributed by atoms with Gasteiger partial charge >= 0.3 is 0 Å². The summed E-state index contributed by atoms with van der Waals surface area (Å²) in [6, 6.07) is 4.36. The molecule has 0 spiro atoms. The van der Waals surface area contributed by atoms with Crippen molar-refractivity contribution in [3.63, 3.8) is 0 Å². The lowest BCUT2D eigenvalue weighted by Crippen LogP contribution is -2.29. The summed E-state index contributed by atoms with van der Waals surface area (Å²) in [7, 11) is 1.70. The molecule has 0 saturated heterocycles. The third-order valence-corrected chi connectivity index (χ3v) is 3.11. The molecule has 0 atom stereocenters. The predicted molar refractivity (Wildman–Crippen MR) is 74.7 cm³/mol. The maximum atomic E-state index is 8.72. The monoisotopic (exact) mass is 264 g/mol. The Bertz CT molecular complexity index is 408. The molecular formula is C14H24N4O. The summed E-state index contributed by atoms with van der Waals surface area (Å²) < 4.78 is 7.17. The van der Waals surface area contributed by atoms with Crippen LogP contribution in [0.1, 0.15) is 31.7 Å². The Kier molecular flexibility index (Phi) is 7.16. The van der Waals surface area contributed by atoms with Gasteiger partial charge in [0.05, 0.1) is 24.1 Å². The summed E-state index contributed by atoms with van der Waals surface area (Å²) >= 11 is 0. The summed E-state index contributed by atoms with van der Waals surface area (Å²) in [5.74, 6) is 0. The van der Waals surface area contributed by atoms with Gasteiger partial charge in [0.25, 0.3) is 0 Å². The number of hydrogen-bond donors (Lipinski definition) is 0. The van der Waals surface area contributed by atoms with Crippen LogP contribution in [-0.2, 0) is 24.2 Å². The Hall–Kier alpha value is -1.38. The minimum atomic E-state index is 0.546. The average Bonchev–Trinajstić information content (AvgIpc) is 2.83. The normalized spacial score (nSPS) is 10.9. The molecule has 0 radical (unpaired) electrons. The van der Waals surface area contributed by atoms with Crippen molar-refractivity contribution in [3.05, 3.63) is 17.5 Å². The molecule has 0 unspecified atom stereocenters. The molecule has 0 bridgehead atoms. The fourth-order valence-electron chi connectivity index (χ4n) is 2.02. The van der Waals surface area contributed by atoms with Gasteiger partial charge in [-0.2, -0.15) is 10.4 Å². The third-order valence-electron chi connectivity index (χ3n) is 3.11. The summed E-state index contributed by atoms with van der Waals surface area (Å²) in [5.41, 5.74) is 2.34. The second kappa shape index (κ2) is 8.68. The predicted octanol–water partition coefficient (Wildman–Crippen LogP) is 1.83. The second-order valence-electron chi connectivity index (χ2n) is 4.47. The molecule has 0 N–H and O–H groups in total. The van der Waals surface area contributed by atoms with Gasteiger partial charge in [0.15, 0.2) is 0 Å². The molecule has 0 amide bonds. The first-order valence-corrected chi connectivity index (χ1v) is 6.88. The number of ether oxygens (including phenoxy) is 1. The molecule has 5 heteroatoms. The van der Waals surface area contributed by atoms with Crippen molar-refractivity contribution < 1.29 is 4.74 Å². The van der Waals surface area contributed by atoms with Crippen LogP contribution in [0.3, 0.4) is 0 Å². The Morgan fingerprint density at radius 2 is 2.21 bits per heavy atom. The number of aryl methyl sites for hydroxylation is 2. The van der Waals surface area contributed by atoms with E-state index >= 15 is 0 Å². The largest absolute Gasteiger partial charge is 0.383 e. The van der Waals surface area contributed by atoms with E-state index in [1.807, 2.05) is 4.68 Å². The van der Waals surface area contributed by atoms with Crippen molar-refractivity contribution in [1.29, 1.82) is 5.26 Å². The van der Waals surface area contributed by atoms with Gasteiger partial charge in [-0.15, -0.1) is 0 Å². The first-order valence-electron chi connectivity index (χ1n) is 6.88. The lowest BCUT2D eigenvalue weighted by molar-refractivity contribution is 0.143. The van der Waals surface area contributed by atoms with Crippen LogP contribution in [-0.4, -0.2) is 41.5 Å². The molecule has 0 saturated carbocycles. The van der Waals surface area contributed by atoms with Crippen molar-refractivity contribution in [2.24, 2.45) is 0 Å². The highest BCUT2D eigenvalue weighted by Crippen LogP contribution is 2.09. The lowest BCUT2D eigenvalue weighted by atomic mass is 10.3. The van der Waals surface area contributed by atoms with Gasteiger partial charge in [-0.3, -0.25) is 9.58 Å². The molecular weight excluding hydrogens is 240 g/mol. The number of aromatic nitrogens is 2. The maximum Gasteiger partial charge on any atom is 0.0635 e. The molecule has 1 aromatic rings. The van der Waals surface area contributed by atoms with Crippen LogP contribution in [0.2, 0.25) is 0 Å². The van der Waals surface area contributed by atoms with E-state index < -0.39 is 0 Å². The van der Waals surface area contributed by atoms with Gasteiger partial charge < -0.3 is 4.74 Å². The molecule has 106 valence electrons. The van der Waals surface area contributed by atoms with E-state index in [2.05, 4.69) is 36.0 Å². The Morgan fingerprint density at radius 3 is 2.79 bits per heavy atom. The Balaban J connectivity index is 2.70. The van der Waals surface area contributed by atoms with Crippen molar-refractivity contribution in [2.75, 3.05) is 26.8 Å². The SMILES string of the molecule is CCc1cc(CN(CCC#N)CCOC)n(CC)n1. The topological polar surface area (TPSA) is 54.1 Å². The zero-order valence-electron chi connectivity index (χ0n) is 12.2. The summed E-state index contributed by atoms with van der Waals surface area (Å²) in [6.45, 7) is 8.23. The highest BCUT2D eigenvalue weighted by Gasteiger charge is 2.11. The van der Waals surface area contributed by atoms with Gasteiger partial charge in [0.1, 0.15) is 0 Å². The molecule has 0 aliphatic rings. The molecule has 0 aromatic carbocycles. The molecule has 0 aliphatic heterocycles. The standard InChI is InChI=1S/C14H24N4O/c1-4-13-11-14(18(5-2)16-13)12-17(8-6-7-15)9-10-19-3/h11H,4-6,8-10,12H2,1-3H3. The van der Waals surface area contributed by atoms with Crippen molar-refractivity contribution >= 4 is 0 Å². The average molecular weight is 264 g/mol. The van der Waals surface area contributed by atoms with Gasteiger partial charge in [-0.1, -0.05) is 6.92 Å². The lowest BCUT2D eigenvalue weighted by Gasteiger charge is -2.20. The third kappa shape index (κ3) is 5.01. The zero-order valence-corrected chi connectivity index (χ0v) is 12.2. The van der Waals surface area contributed by atoms with E-state index in [9.17, 15) is 0 Å². The molecule has 1 heterocycles. The van der Waals surface area contributed by atoms with E-state index in [1.54, 1.807) is 7.11 Å². The second-order valence-corrected chi connectivity index (χ2v) is 4.47. The van der Waals surface area contributed by atoms with Crippen LogP contribution in [0.25, 0.3) is 0 Å². The quantitative estimate of drug-likeness (QED) is 0.683. The highest BCUT2D eigenvalue weighted by atomic mass is 16.5. The van der Waals surface area contributed by atoms with Crippen LogP contribution in [0.5, 0.6) is 0 Å². The zero-order chi connectivity index (χ0) is 14.1. The van der Waals surface area contributed by atoms with E-state index in [0.29, 0.717) is 13.0 Å². The van der Waals surface area contributed by atoms with Crippen molar-refractivity contribution in [1.82, 2.24) is 14.7 Å². The first kappa shape index (κ1) is 15.7. The minimum Gasteiger partial charge on any atom is -0.383 e. The molecule has 0 aliphatic carbocycles. The fourth-order valence-corrected chi connectivity index (χ4v) is 2.02. The van der Waals surface area contributed by atoms with E-state index in [1.165, 1.54) is 5.69 Å². The minimum absolute atomic E-state index is 0.546. The number of methoxy groups -OCH3 is 1. The number of hydrogen-bond acceptors (Lipinski definition) is 4. The number of nitrogens with zero attached hydrogens (tertiary/aromatic N) is 4. The van der Waals surface area contributed by atoms with Crippen LogP contribution < -0.4 is 0 Å². The summed E-state index contributed by atoms with van der Waals surface area (Å²) in [5, 5.41) is 13.3. The number of rotatable bonds is 9. The highest BCUT2D eigenvalue weighted by molar-refractivity contribution is 5.10. The van der Waals surface area contributed by atoms with Crippen molar-refractivity contribution in [2.45, 2.75) is 39.8 Å².